The molecule has 1 aliphatic rings. The highest BCUT2D eigenvalue weighted by Gasteiger charge is 2.29. The zero-order chi connectivity index (χ0) is 21.6. The van der Waals surface area contributed by atoms with E-state index in [1.807, 2.05) is 25.4 Å². The second-order valence-corrected chi connectivity index (χ2v) is 9.47. The minimum Gasteiger partial charge on any atom is -0.497 e. The van der Waals surface area contributed by atoms with Crippen molar-refractivity contribution in [3.8, 4) is 16.9 Å². The first kappa shape index (κ1) is 19.7. The highest BCUT2D eigenvalue weighted by atomic mass is 32.2. The molecule has 0 aliphatic carbocycles. The van der Waals surface area contributed by atoms with Crippen LogP contribution >= 0.6 is 0 Å². The molecule has 0 saturated heterocycles. The predicted molar refractivity (Wildman–Crippen MR) is 116 cm³/mol. The molecule has 0 atom stereocenters. The number of benzene rings is 1. The van der Waals surface area contributed by atoms with Crippen LogP contribution in [0.5, 0.6) is 5.75 Å². The number of nitrogens with zero attached hydrogens (tertiary/aromatic N) is 5. The van der Waals surface area contributed by atoms with Crippen molar-refractivity contribution in [3.63, 3.8) is 0 Å². The van der Waals surface area contributed by atoms with Crippen LogP contribution in [0.2, 0.25) is 0 Å². The number of hydrogen-bond donors (Lipinski definition) is 0. The van der Waals surface area contributed by atoms with E-state index < -0.39 is 10.0 Å². The van der Waals surface area contributed by atoms with E-state index in [0.717, 1.165) is 27.8 Å². The fraction of sp³-hybridized carbons (Fsp3) is 0.227. The highest BCUT2D eigenvalue weighted by molar-refractivity contribution is 7.89. The van der Waals surface area contributed by atoms with E-state index in [4.69, 9.17) is 9.72 Å². The van der Waals surface area contributed by atoms with Crippen molar-refractivity contribution in [2.24, 2.45) is 7.05 Å². The Kier molecular flexibility index (Phi) is 4.71. The molecular formula is C22H21N5O3S. The minimum absolute atomic E-state index is 0.226. The number of fused-ring (bicyclic) bond motifs is 2. The lowest BCUT2D eigenvalue weighted by atomic mass is 10.0. The number of aromatic nitrogens is 4. The predicted octanol–water partition coefficient (Wildman–Crippen LogP) is 2.79. The summed E-state index contributed by atoms with van der Waals surface area (Å²) >= 11 is 0. The zero-order valence-electron chi connectivity index (χ0n) is 17.2. The van der Waals surface area contributed by atoms with Gasteiger partial charge in [0.2, 0.25) is 10.0 Å². The van der Waals surface area contributed by atoms with E-state index in [2.05, 4.69) is 10.1 Å². The Morgan fingerprint density at radius 2 is 1.97 bits per heavy atom. The van der Waals surface area contributed by atoms with Crippen molar-refractivity contribution in [2.75, 3.05) is 13.7 Å². The monoisotopic (exact) mass is 435 g/mol. The lowest BCUT2D eigenvalue weighted by Gasteiger charge is -2.27. The molecule has 31 heavy (non-hydrogen) atoms. The maximum atomic E-state index is 13.2. The van der Waals surface area contributed by atoms with Crippen LogP contribution in [0.4, 0.5) is 0 Å². The molecule has 0 saturated carbocycles. The Morgan fingerprint density at radius 3 is 2.74 bits per heavy atom. The summed E-state index contributed by atoms with van der Waals surface area (Å²) in [6.45, 7) is 0.647. The first-order valence-electron chi connectivity index (χ1n) is 9.86. The summed E-state index contributed by atoms with van der Waals surface area (Å²) in [6.07, 6.45) is 6.05. The average molecular weight is 436 g/mol. The van der Waals surface area contributed by atoms with Gasteiger partial charge in [-0.25, -0.2) is 18.4 Å². The Bertz CT molecular complexity index is 1400. The highest BCUT2D eigenvalue weighted by Crippen LogP contribution is 2.29. The molecule has 0 bridgehead atoms. The van der Waals surface area contributed by atoms with E-state index in [0.29, 0.717) is 24.4 Å². The number of sulfonamides is 1. The Morgan fingerprint density at radius 1 is 1.10 bits per heavy atom. The fourth-order valence-electron chi connectivity index (χ4n) is 3.84. The van der Waals surface area contributed by atoms with Gasteiger partial charge in [-0.15, -0.1) is 0 Å². The molecule has 0 unspecified atom stereocenters. The van der Waals surface area contributed by atoms with Crippen LogP contribution in [0.15, 0.2) is 59.9 Å². The molecule has 1 aromatic carbocycles. The van der Waals surface area contributed by atoms with Gasteiger partial charge in [0, 0.05) is 67.2 Å². The summed E-state index contributed by atoms with van der Waals surface area (Å²) < 4.78 is 34.8. The molecule has 4 heterocycles. The molecule has 9 heteroatoms. The molecule has 158 valence electrons. The first-order valence-corrected chi connectivity index (χ1v) is 11.3. The van der Waals surface area contributed by atoms with E-state index in [1.165, 1.54) is 11.4 Å². The number of aryl methyl sites for hydroxylation is 1. The molecule has 3 aromatic heterocycles. The second kappa shape index (κ2) is 7.44. The van der Waals surface area contributed by atoms with Crippen LogP contribution in [0.1, 0.15) is 11.3 Å². The van der Waals surface area contributed by atoms with Crippen LogP contribution in [-0.2, 0) is 30.0 Å². The van der Waals surface area contributed by atoms with Gasteiger partial charge in [0.25, 0.3) is 0 Å². The van der Waals surface area contributed by atoms with Gasteiger partial charge in [-0.05, 0) is 29.8 Å². The summed E-state index contributed by atoms with van der Waals surface area (Å²) in [5.41, 5.74) is 4.37. The molecule has 5 rings (SSSR count). The van der Waals surface area contributed by atoms with Crippen molar-refractivity contribution in [1.82, 2.24) is 24.1 Å². The number of ether oxygens (including phenoxy) is 1. The van der Waals surface area contributed by atoms with E-state index in [1.54, 1.807) is 41.3 Å². The number of hydrogen-bond acceptors (Lipinski definition) is 6. The summed E-state index contributed by atoms with van der Waals surface area (Å²) in [5, 5.41) is 5.09. The van der Waals surface area contributed by atoms with Gasteiger partial charge in [-0.2, -0.15) is 9.40 Å². The van der Waals surface area contributed by atoms with Crippen LogP contribution in [0.25, 0.3) is 22.2 Å². The van der Waals surface area contributed by atoms with Crippen molar-refractivity contribution in [3.05, 3.63) is 66.2 Å². The lowest BCUT2D eigenvalue weighted by molar-refractivity contribution is 0.387. The van der Waals surface area contributed by atoms with Gasteiger partial charge >= 0.3 is 0 Å². The van der Waals surface area contributed by atoms with Gasteiger partial charge in [0.05, 0.1) is 18.2 Å². The van der Waals surface area contributed by atoms with Gasteiger partial charge in [0.15, 0.2) is 5.65 Å². The van der Waals surface area contributed by atoms with Crippen molar-refractivity contribution in [2.45, 2.75) is 17.9 Å². The maximum Gasteiger partial charge on any atom is 0.243 e. The maximum absolute atomic E-state index is 13.2. The molecular weight excluding hydrogens is 414 g/mol. The van der Waals surface area contributed by atoms with Gasteiger partial charge in [-0.3, -0.25) is 4.68 Å². The number of rotatable bonds is 4. The molecule has 0 radical (unpaired) electrons. The second-order valence-electron chi connectivity index (χ2n) is 7.54. The van der Waals surface area contributed by atoms with Crippen LogP contribution in [-0.4, -0.2) is 46.1 Å². The molecule has 0 spiro atoms. The summed E-state index contributed by atoms with van der Waals surface area (Å²) in [7, 11) is -0.251. The van der Waals surface area contributed by atoms with Crippen LogP contribution in [0, 0.1) is 0 Å². The molecule has 0 fully saturated rings. The largest absolute Gasteiger partial charge is 0.497 e. The van der Waals surface area contributed by atoms with E-state index in [9.17, 15) is 8.42 Å². The molecule has 4 aromatic rings. The molecule has 0 N–H and O–H groups in total. The van der Waals surface area contributed by atoms with E-state index in [-0.39, 0.29) is 11.4 Å². The lowest BCUT2D eigenvalue weighted by Crippen LogP contribution is -2.36. The topological polar surface area (TPSA) is 90.2 Å². The summed E-state index contributed by atoms with van der Waals surface area (Å²) in [5.74, 6) is 0.514. The smallest absolute Gasteiger partial charge is 0.243 e. The normalized spacial score (nSPS) is 14.5. The van der Waals surface area contributed by atoms with E-state index >= 15 is 0 Å². The standard InChI is InChI=1S/C22H21N5O3S/c1-26-13-18(12-24-26)16-8-15-9-17-14-27(7-6-21(17)25-22(15)23-11-16)31(28,29)20-5-3-4-19(10-20)30-2/h3-5,8-13H,6-7,14H2,1-2H3. The Balaban J connectivity index is 1.50. The van der Waals surface area contributed by atoms with Gasteiger partial charge < -0.3 is 4.74 Å². The molecule has 0 amide bonds. The third-order valence-electron chi connectivity index (χ3n) is 5.50. The Labute approximate surface area is 180 Å². The summed E-state index contributed by atoms with van der Waals surface area (Å²) in [6, 6.07) is 10.6. The first-order chi connectivity index (χ1) is 14.9. The van der Waals surface area contributed by atoms with Crippen LogP contribution in [0.3, 0.4) is 0 Å². The van der Waals surface area contributed by atoms with Crippen molar-refractivity contribution >= 4 is 21.1 Å². The SMILES string of the molecule is COc1cccc(S(=O)(=O)N2CCc3nc4ncc(-c5cnn(C)c5)cc4cc3C2)c1. The molecule has 8 nitrogen and oxygen atoms in total. The van der Waals surface area contributed by atoms with Crippen LogP contribution < -0.4 is 4.74 Å². The third kappa shape index (κ3) is 3.55. The number of methoxy groups -OCH3 is 1. The van der Waals surface area contributed by atoms with Gasteiger partial charge in [0.1, 0.15) is 5.75 Å². The minimum atomic E-state index is -3.64. The summed E-state index contributed by atoms with van der Waals surface area (Å²) in [4.78, 5) is 9.44. The average Bonchev–Trinajstić information content (AvgIpc) is 3.23. The quantitative estimate of drug-likeness (QED) is 0.490. The van der Waals surface area contributed by atoms with Crippen molar-refractivity contribution in [1.29, 1.82) is 0 Å². The molecule has 1 aliphatic heterocycles. The number of pyridine rings is 2. The third-order valence-corrected chi connectivity index (χ3v) is 7.34. The van der Waals surface area contributed by atoms with Crippen molar-refractivity contribution < 1.29 is 13.2 Å². The van der Waals surface area contributed by atoms with Gasteiger partial charge in [-0.1, -0.05) is 6.07 Å². The fourth-order valence-corrected chi connectivity index (χ4v) is 5.30. The zero-order valence-corrected chi connectivity index (χ0v) is 18.0. The Hall–Kier alpha value is -3.30.